The van der Waals surface area contributed by atoms with Gasteiger partial charge in [-0.2, -0.15) is 0 Å². The van der Waals surface area contributed by atoms with Gasteiger partial charge in [0, 0.05) is 12.8 Å². The molecule has 1 unspecified atom stereocenters. The Kier molecular flexibility index (Phi) is 35.7. The molecule has 338 valence electrons. The van der Waals surface area contributed by atoms with Gasteiger partial charge in [0.1, 0.15) is 12.6 Å². The largest absolute Gasteiger partial charge is 0.480 e. The van der Waals surface area contributed by atoms with Gasteiger partial charge in [-0.3, -0.25) is 23.4 Å². The molecule has 0 aliphatic carbocycles. The lowest BCUT2D eigenvalue weighted by Gasteiger charge is -2.20. The van der Waals surface area contributed by atoms with Crippen LogP contribution in [-0.4, -0.2) is 93.5 Å². The number of allylic oxidation sites excluding steroid dienone is 10. The Bertz CT molecular complexity index is 1330. The highest BCUT2D eigenvalue weighted by atomic mass is 31.2. The highest BCUT2D eigenvalue weighted by molar-refractivity contribution is 7.47. The maximum atomic E-state index is 12.6. The zero-order chi connectivity index (χ0) is 44.0. The lowest BCUT2D eigenvalue weighted by molar-refractivity contribution is -0.161. The van der Waals surface area contributed by atoms with E-state index in [9.17, 15) is 39.2 Å². The van der Waals surface area contributed by atoms with Crippen LogP contribution < -0.4 is 5.73 Å². The van der Waals surface area contributed by atoms with E-state index in [1.165, 1.54) is 25.3 Å². The van der Waals surface area contributed by atoms with Crippen molar-refractivity contribution in [1.82, 2.24) is 0 Å². The minimum atomic E-state index is -4.81. The van der Waals surface area contributed by atoms with E-state index < -0.39 is 76.0 Å². The lowest BCUT2D eigenvalue weighted by atomic mass is 10.1. The molecule has 0 rings (SSSR count). The number of esters is 2. The van der Waals surface area contributed by atoms with Crippen LogP contribution in [0.2, 0.25) is 0 Å². The number of hydrogen-bond acceptors (Lipinski definition) is 12. The molecule has 15 heteroatoms. The summed E-state index contributed by atoms with van der Waals surface area (Å²) >= 11 is 0. The summed E-state index contributed by atoms with van der Waals surface area (Å²) in [4.78, 5) is 46.0. The molecule has 0 amide bonds. The number of phosphoric ester groups is 1. The molecular weight excluding hydrogens is 781 g/mol. The second kappa shape index (κ2) is 37.8. The van der Waals surface area contributed by atoms with Crippen molar-refractivity contribution in [2.75, 3.05) is 19.8 Å². The standard InChI is InChI=1S/C44H74NO13P/c1-3-5-7-8-9-10-11-12-13-14-15-16-17-22-26-32-43(50)58-38(35-56-59(53,54)57-36-39(45)44(51)52)34-55-42(49)33-27-31-41(48)40(47)30-25-21-19-18-20-24-29-37(46)28-23-6-4-2/h9-10,12-13,18-21,24-25,29-30,37-41,46-48H,3-8,11,14-17,22-23,26-28,31-36,45H2,1-2H3,(H,51,52)(H,53,54)/b10-9-,13-12-,20-18-,21-19+,29-24+,30-25+/t37-,38-,39+,40-,41-/m1/s1. The minimum Gasteiger partial charge on any atom is -0.480 e. The Morgan fingerprint density at radius 2 is 1.20 bits per heavy atom. The smallest absolute Gasteiger partial charge is 0.472 e. The number of rotatable bonds is 38. The molecule has 0 aromatic heterocycles. The van der Waals surface area contributed by atoms with Crippen LogP contribution in [0.3, 0.4) is 0 Å². The number of nitrogens with two attached hydrogens (primary N) is 1. The van der Waals surface area contributed by atoms with Gasteiger partial charge in [0.05, 0.1) is 31.5 Å². The summed E-state index contributed by atoms with van der Waals surface area (Å²) < 4.78 is 32.4. The first-order chi connectivity index (χ1) is 28.3. The van der Waals surface area contributed by atoms with Crippen molar-refractivity contribution in [3.63, 3.8) is 0 Å². The molecular formula is C44H74NO13P. The molecule has 6 atom stereocenters. The van der Waals surface area contributed by atoms with Gasteiger partial charge < -0.3 is 40.5 Å². The van der Waals surface area contributed by atoms with Gasteiger partial charge in [-0.1, -0.05) is 138 Å². The first-order valence-electron chi connectivity index (χ1n) is 21.3. The number of phosphoric acid groups is 1. The molecule has 7 N–H and O–H groups in total. The van der Waals surface area contributed by atoms with Gasteiger partial charge in [-0.25, -0.2) is 4.57 Å². The van der Waals surface area contributed by atoms with Crippen molar-refractivity contribution in [2.45, 2.75) is 166 Å². The number of unbranched alkanes of at least 4 members (excludes halogenated alkanes) is 10. The summed E-state index contributed by atoms with van der Waals surface area (Å²) in [6.45, 7) is 2.29. The van der Waals surface area contributed by atoms with Gasteiger partial charge >= 0.3 is 25.7 Å². The fourth-order valence-corrected chi connectivity index (χ4v) is 6.02. The minimum absolute atomic E-state index is 0.0679. The predicted molar refractivity (Wildman–Crippen MR) is 230 cm³/mol. The molecule has 0 aromatic rings. The zero-order valence-electron chi connectivity index (χ0n) is 35.4. The molecule has 0 bridgehead atoms. The molecule has 14 nitrogen and oxygen atoms in total. The second-order valence-corrected chi connectivity index (χ2v) is 15.8. The van der Waals surface area contributed by atoms with Gasteiger partial charge in [-0.15, -0.1) is 0 Å². The van der Waals surface area contributed by atoms with Crippen LogP contribution >= 0.6 is 7.82 Å². The van der Waals surface area contributed by atoms with Crippen LogP contribution in [0.15, 0.2) is 72.9 Å². The zero-order valence-corrected chi connectivity index (χ0v) is 36.3. The molecule has 0 aliphatic heterocycles. The van der Waals surface area contributed by atoms with Crippen molar-refractivity contribution in [1.29, 1.82) is 0 Å². The molecule has 59 heavy (non-hydrogen) atoms. The van der Waals surface area contributed by atoms with Gasteiger partial charge in [0.2, 0.25) is 0 Å². The fraction of sp³-hybridized carbons (Fsp3) is 0.659. The Morgan fingerprint density at radius 3 is 1.86 bits per heavy atom. The summed E-state index contributed by atoms with van der Waals surface area (Å²) in [5, 5.41) is 39.3. The molecule has 0 saturated carbocycles. The molecule has 0 aliphatic rings. The van der Waals surface area contributed by atoms with Gasteiger partial charge in [0.25, 0.3) is 0 Å². The van der Waals surface area contributed by atoms with E-state index in [2.05, 4.69) is 42.7 Å². The van der Waals surface area contributed by atoms with E-state index in [4.69, 9.17) is 24.8 Å². The Labute approximate surface area is 352 Å². The first kappa shape index (κ1) is 55.8. The SMILES string of the molecule is CCCCC/C=C\C/C=C\CCCCCCCC(=O)O[C@H](COC(=O)CCC[C@@H](O)[C@H](O)/C=C/C=C/C=C\C=C\[C@H](O)CCCCC)COP(=O)(O)OC[C@H](N)C(=O)O. The third-order valence-electron chi connectivity index (χ3n) is 8.79. The molecule has 0 radical (unpaired) electrons. The summed E-state index contributed by atoms with van der Waals surface area (Å²) in [5.74, 6) is -2.78. The maximum absolute atomic E-state index is 12.6. The summed E-state index contributed by atoms with van der Waals surface area (Å²) in [5.41, 5.74) is 5.31. The van der Waals surface area contributed by atoms with E-state index in [1.807, 2.05) is 0 Å². The quantitative estimate of drug-likeness (QED) is 0.0114. The van der Waals surface area contributed by atoms with Crippen LogP contribution in [0.4, 0.5) is 0 Å². The van der Waals surface area contributed by atoms with Crippen LogP contribution in [0.1, 0.15) is 136 Å². The number of hydrogen-bond donors (Lipinski definition) is 6. The number of carboxylic acid groups (broad SMARTS) is 1. The summed E-state index contributed by atoms with van der Waals surface area (Å²) in [6.07, 6.45) is 33.4. The van der Waals surface area contributed by atoms with Crippen LogP contribution in [0.25, 0.3) is 0 Å². The third-order valence-corrected chi connectivity index (χ3v) is 9.74. The van der Waals surface area contributed by atoms with Crippen LogP contribution in [-0.2, 0) is 37.5 Å². The number of ether oxygens (including phenoxy) is 2. The van der Waals surface area contributed by atoms with Crippen molar-refractivity contribution in [3.8, 4) is 0 Å². The number of carboxylic acids is 1. The Hall–Kier alpha value is -3.20. The van der Waals surface area contributed by atoms with Crippen LogP contribution in [0, 0.1) is 0 Å². The average molecular weight is 856 g/mol. The van der Waals surface area contributed by atoms with Gasteiger partial charge in [0.15, 0.2) is 6.10 Å². The average Bonchev–Trinajstić information content (AvgIpc) is 3.20. The molecule has 0 saturated heterocycles. The molecule has 0 fully saturated rings. The summed E-state index contributed by atoms with van der Waals surface area (Å²) in [7, 11) is -4.81. The van der Waals surface area contributed by atoms with E-state index in [1.54, 1.807) is 42.5 Å². The number of carbonyl (C=O) groups is 3. The van der Waals surface area contributed by atoms with Crippen molar-refractivity contribution >= 4 is 25.7 Å². The molecule has 0 aromatic carbocycles. The number of aliphatic carboxylic acids is 1. The van der Waals surface area contributed by atoms with Crippen molar-refractivity contribution in [3.05, 3.63) is 72.9 Å². The van der Waals surface area contributed by atoms with Gasteiger partial charge in [-0.05, 0) is 57.8 Å². The highest BCUT2D eigenvalue weighted by Gasteiger charge is 2.28. The first-order valence-corrected chi connectivity index (χ1v) is 22.8. The normalized spacial score (nSPS) is 16.1. The Balaban J connectivity index is 4.74. The second-order valence-electron chi connectivity index (χ2n) is 14.3. The predicted octanol–water partition coefficient (Wildman–Crippen LogP) is 7.86. The van der Waals surface area contributed by atoms with Crippen molar-refractivity contribution in [2.24, 2.45) is 5.73 Å². The lowest BCUT2D eigenvalue weighted by Crippen LogP contribution is -2.34. The van der Waals surface area contributed by atoms with E-state index in [-0.39, 0.29) is 25.7 Å². The molecule has 0 spiro atoms. The number of carbonyl (C=O) groups excluding carboxylic acids is 2. The van der Waals surface area contributed by atoms with Crippen molar-refractivity contribution < 1.29 is 62.8 Å². The third kappa shape index (κ3) is 36.4. The summed E-state index contributed by atoms with van der Waals surface area (Å²) in [6, 6.07) is -1.58. The fourth-order valence-electron chi connectivity index (χ4n) is 5.24. The van der Waals surface area contributed by atoms with E-state index >= 15 is 0 Å². The number of aliphatic hydroxyl groups excluding tert-OH is 3. The maximum Gasteiger partial charge on any atom is 0.472 e. The highest BCUT2D eigenvalue weighted by Crippen LogP contribution is 2.43. The topological polar surface area (TPSA) is 232 Å². The monoisotopic (exact) mass is 855 g/mol. The van der Waals surface area contributed by atoms with E-state index in [0.29, 0.717) is 6.42 Å². The molecule has 0 heterocycles. The Morgan fingerprint density at radius 1 is 0.644 bits per heavy atom. The van der Waals surface area contributed by atoms with Crippen LogP contribution in [0.5, 0.6) is 0 Å². The van der Waals surface area contributed by atoms with E-state index in [0.717, 1.165) is 70.6 Å². The number of aliphatic hydroxyl groups is 3.